The fraction of sp³-hybridized carbons (Fsp3) is 0.467. The van der Waals surface area contributed by atoms with Crippen LogP contribution in [0.15, 0.2) is 24.3 Å². The first-order chi connectivity index (χ1) is 9.79. The van der Waals surface area contributed by atoms with Gasteiger partial charge >= 0.3 is 5.97 Å². The summed E-state index contributed by atoms with van der Waals surface area (Å²) in [4.78, 5) is 23.5. The first-order valence-corrected chi connectivity index (χ1v) is 6.82. The van der Waals surface area contributed by atoms with Crippen molar-refractivity contribution in [1.82, 2.24) is 5.32 Å². The molecule has 0 saturated heterocycles. The number of hydrogen-bond donors (Lipinski definition) is 3. The van der Waals surface area contributed by atoms with E-state index in [1.807, 2.05) is 18.2 Å². The lowest BCUT2D eigenvalue weighted by Gasteiger charge is -2.31. The molecule has 0 bridgehead atoms. The molecule has 2 atom stereocenters. The van der Waals surface area contributed by atoms with Gasteiger partial charge in [0.25, 0.3) is 5.91 Å². The van der Waals surface area contributed by atoms with Crippen molar-refractivity contribution in [3.8, 4) is 5.75 Å². The average Bonchev–Trinajstić information content (AvgIpc) is 2.42. The molecule has 1 amide bonds. The molecule has 0 aromatic heterocycles. The van der Waals surface area contributed by atoms with Gasteiger partial charge in [0.05, 0.1) is 12.2 Å². The number of carbonyl (C=O) groups is 2. The van der Waals surface area contributed by atoms with Gasteiger partial charge in [-0.15, -0.1) is 0 Å². The molecule has 6 nitrogen and oxygen atoms in total. The average molecular weight is 292 g/mol. The van der Waals surface area contributed by atoms with E-state index in [-0.39, 0.29) is 0 Å². The maximum Gasteiger partial charge on any atom is 0.326 e. The lowest BCUT2D eigenvalue weighted by molar-refractivity contribution is -0.146. The van der Waals surface area contributed by atoms with Crippen molar-refractivity contribution >= 4 is 17.6 Å². The number of carboxylic acid groups (broad SMARTS) is 1. The van der Waals surface area contributed by atoms with Crippen LogP contribution in [0.2, 0.25) is 0 Å². The molecule has 1 heterocycles. The molecular formula is C15H20N2O4. The molecule has 6 heteroatoms. The molecule has 2 rings (SSSR count). The van der Waals surface area contributed by atoms with Crippen molar-refractivity contribution in [2.24, 2.45) is 5.41 Å². The van der Waals surface area contributed by atoms with Crippen molar-refractivity contribution in [3.63, 3.8) is 0 Å². The normalized spacial score (nSPS) is 18.7. The van der Waals surface area contributed by atoms with Crippen LogP contribution in [0, 0.1) is 5.41 Å². The number of aliphatic carboxylic acids is 1. The topological polar surface area (TPSA) is 87.7 Å². The Balaban J connectivity index is 2.06. The Kier molecular flexibility index (Phi) is 4.06. The van der Waals surface area contributed by atoms with Gasteiger partial charge in [-0.05, 0) is 17.5 Å². The number of carbonyl (C=O) groups excluding carboxylic acids is 1. The number of hydrogen-bond acceptors (Lipinski definition) is 4. The van der Waals surface area contributed by atoms with Crippen LogP contribution in [0.5, 0.6) is 5.75 Å². The summed E-state index contributed by atoms with van der Waals surface area (Å²) in [7, 11) is 0. The molecule has 3 N–H and O–H groups in total. The third-order valence-electron chi connectivity index (χ3n) is 3.33. The summed E-state index contributed by atoms with van der Waals surface area (Å²) >= 11 is 0. The van der Waals surface area contributed by atoms with Gasteiger partial charge in [0.1, 0.15) is 11.8 Å². The quantitative estimate of drug-likeness (QED) is 0.785. The molecule has 1 aromatic carbocycles. The minimum Gasteiger partial charge on any atom is -0.480 e. The van der Waals surface area contributed by atoms with Crippen LogP contribution < -0.4 is 15.4 Å². The summed E-state index contributed by atoms with van der Waals surface area (Å²) in [6.07, 6.45) is -0.746. The summed E-state index contributed by atoms with van der Waals surface area (Å²) in [5.41, 5.74) is 0.244. The van der Waals surface area contributed by atoms with E-state index in [0.29, 0.717) is 12.3 Å². The highest BCUT2D eigenvalue weighted by Crippen LogP contribution is 2.28. The standard InChI is InChI=1S/C15H20N2O4/c1-15(2,3)12(14(19)20)17-13(18)11-8-16-9-6-4-5-7-10(9)21-11/h4-7,11-12,16H,8H2,1-3H3,(H,17,18)(H,19,20)/t11?,12-/m1/s1. The van der Waals surface area contributed by atoms with Crippen LogP contribution in [0.1, 0.15) is 20.8 Å². The maximum atomic E-state index is 12.2. The Morgan fingerprint density at radius 2 is 2.05 bits per heavy atom. The molecular weight excluding hydrogens is 272 g/mol. The number of nitrogens with one attached hydrogen (secondary N) is 2. The second-order valence-corrected chi connectivity index (χ2v) is 6.13. The highest BCUT2D eigenvalue weighted by atomic mass is 16.5. The second-order valence-electron chi connectivity index (χ2n) is 6.13. The third kappa shape index (κ3) is 3.45. The fourth-order valence-electron chi connectivity index (χ4n) is 2.14. The molecule has 0 spiro atoms. The van der Waals surface area contributed by atoms with Crippen LogP contribution in [-0.2, 0) is 9.59 Å². The van der Waals surface area contributed by atoms with Gasteiger partial charge in [-0.2, -0.15) is 0 Å². The number of amides is 1. The predicted octanol–water partition coefficient (Wildman–Crippen LogP) is 1.47. The largest absolute Gasteiger partial charge is 0.480 e. The van der Waals surface area contributed by atoms with E-state index in [2.05, 4.69) is 10.6 Å². The van der Waals surface area contributed by atoms with Crippen molar-refractivity contribution in [1.29, 1.82) is 0 Å². The second kappa shape index (κ2) is 5.63. The molecule has 0 aliphatic carbocycles. The number of fused-ring (bicyclic) bond motifs is 1. The summed E-state index contributed by atoms with van der Waals surface area (Å²) in [6, 6.07) is 6.34. The molecule has 21 heavy (non-hydrogen) atoms. The molecule has 1 aliphatic rings. The van der Waals surface area contributed by atoms with E-state index in [1.165, 1.54) is 0 Å². The van der Waals surface area contributed by atoms with Gasteiger partial charge in [-0.25, -0.2) is 4.79 Å². The minimum absolute atomic E-state index is 0.305. The summed E-state index contributed by atoms with van der Waals surface area (Å²) in [5.74, 6) is -0.897. The number of rotatable bonds is 3. The Morgan fingerprint density at radius 3 is 2.67 bits per heavy atom. The monoisotopic (exact) mass is 292 g/mol. The minimum atomic E-state index is -1.06. The number of anilines is 1. The zero-order chi connectivity index (χ0) is 15.6. The molecule has 1 aromatic rings. The Hall–Kier alpha value is -2.24. The van der Waals surface area contributed by atoms with Crippen molar-refractivity contribution in [3.05, 3.63) is 24.3 Å². The molecule has 114 valence electrons. The highest BCUT2D eigenvalue weighted by Gasteiger charge is 2.35. The first kappa shape index (κ1) is 15.2. The SMILES string of the molecule is CC(C)(C)[C@H](NC(=O)C1CNc2ccccc2O1)C(=O)O. The molecule has 0 fully saturated rings. The van der Waals surface area contributed by atoms with Crippen LogP contribution in [0.3, 0.4) is 0 Å². The molecule has 1 unspecified atom stereocenters. The Bertz CT molecular complexity index is 551. The smallest absolute Gasteiger partial charge is 0.326 e. The van der Waals surface area contributed by atoms with E-state index in [1.54, 1.807) is 26.8 Å². The van der Waals surface area contributed by atoms with E-state index in [9.17, 15) is 14.7 Å². The maximum absolute atomic E-state index is 12.2. The summed E-state index contributed by atoms with van der Waals surface area (Å²) < 4.78 is 5.62. The van der Waals surface area contributed by atoms with Crippen molar-refractivity contribution < 1.29 is 19.4 Å². The van der Waals surface area contributed by atoms with Crippen LogP contribution in [0.25, 0.3) is 0 Å². The Labute approximate surface area is 123 Å². The zero-order valence-electron chi connectivity index (χ0n) is 12.3. The predicted molar refractivity (Wildman–Crippen MR) is 78.4 cm³/mol. The van der Waals surface area contributed by atoms with E-state index >= 15 is 0 Å². The fourth-order valence-corrected chi connectivity index (χ4v) is 2.14. The lowest BCUT2D eigenvalue weighted by atomic mass is 9.86. The Morgan fingerprint density at radius 1 is 1.38 bits per heavy atom. The third-order valence-corrected chi connectivity index (χ3v) is 3.33. The van der Waals surface area contributed by atoms with Crippen molar-refractivity contribution in [2.75, 3.05) is 11.9 Å². The van der Waals surface area contributed by atoms with Crippen LogP contribution in [0.4, 0.5) is 5.69 Å². The van der Waals surface area contributed by atoms with E-state index in [0.717, 1.165) is 5.69 Å². The number of carboxylic acids is 1. The van der Waals surface area contributed by atoms with Gasteiger partial charge in [0.15, 0.2) is 6.10 Å². The number of benzene rings is 1. The molecule has 0 saturated carbocycles. The van der Waals surface area contributed by atoms with E-state index in [4.69, 9.17) is 4.74 Å². The van der Waals surface area contributed by atoms with E-state index < -0.39 is 29.4 Å². The molecule has 1 aliphatic heterocycles. The highest BCUT2D eigenvalue weighted by molar-refractivity contribution is 5.88. The van der Waals surface area contributed by atoms with Gasteiger partial charge in [-0.1, -0.05) is 32.9 Å². The lowest BCUT2D eigenvalue weighted by Crippen LogP contribution is -2.54. The van der Waals surface area contributed by atoms with Crippen LogP contribution >= 0.6 is 0 Å². The zero-order valence-corrected chi connectivity index (χ0v) is 12.3. The van der Waals surface area contributed by atoms with Gasteiger partial charge < -0.3 is 20.5 Å². The number of ether oxygens (including phenoxy) is 1. The van der Waals surface area contributed by atoms with Gasteiger partial charge in [0.2, 0.25) is 0 Å². The van der Waals surface area contributed by atoms with Crippen LogP contribution in [-0.4, -0.2) is 35.7 Å². The number of para-hydroxylation sites is 2. The van der Waals surface area contributed by atoms with Gasteiger partial charge in [-0.3, -0.25) is 4.79 Å². The van der Waals surface area contributed by atoms with Crippen molar-refractivity contribution in [2.45, 2.75) is 32.9 Å². The summed E-state index contributed by atoms with van der Waals surface area (Å²) in [5, 5.41) is 14.9. The first-order valence-electron chi connectivity index (χ1n) is 6.82. The molecule has 0 radical (unpaired) electrons. The summed E-state index contributed by atoms with van der Waals surface area (Å²) in [6.45, 7) is 5.60. The van der Waals surface area contributed by atoms with Gasteiger partial charge in [0, 0.05) is 0 Å².